The van der Waals surface area contributed by atoms with Crippen LogP contribution < -0.4 is 0 Å². The normalized spacial score (nSPS) is 21.1. The predicted octanol–water partition coefficient (Wildman–Crippen LogP) is 4.99. The highest BCUT2D eigenvalue weighted by Gasteiger charge is 2.38. The van der Waals surface area contributed by atoms with Crippen LogP contribution in [0.5, 0.6) is 0 Å². The summed E-state index contributed by atoms with van der Waals surface area (Å²) in [5, 5.41) is 0. The van der Waals surface area contributed by atoms with Gasteiger partial charge < -0.3 is 4.74 Å². The molecule has 1 unspecified atom stereocenters. The maximum atomic E-state index is 5.63. The summed E-state index contributed by atoms with van der Waals surface area (Å²) in [7, 11) is 0. The molecule has 1 aliphatic heterocycles. The molecule has 0 spiro atoms. The molecule has 0 N–H and O–H groups in total. The van der Waals surface area contributed by atoms with E-state index in [4.69, 9.17) is 4.74 Å². The maximum absolute atomic E-state index is 5.63. The average molecular weight is 260 g/mol. The van der Waals surface area contributed by atoms with Gasteiger partial charge in [0.15, 0.2) is 0 Å². The molecule has 0 bridgehead atoms. The number of hydrogen-bond donors (Lipinski definition) is 0. The Balaban J connectivity index is 1.45. The van der Waals surface area contributed by atoms with Gasteiger partial charge in [0.1, 0.15) is 0 Å². The Morgan fingerprint density at radius 1 is 1.00 bits per heavy atom. The summed E-state index contributed by atoms with van der Waals surface area (Å²) in [5.74, 6) is 0. The first-order chi connectivity index (χ1) is 9.18. The molecule has 2 rings (SSSR count). The van der Waals surface area contributed by atoms with E-state index in [0.29, 0.717) is 11.5 Å². The first-order valence-corrected chi connectivity index (χ1v) is 7.84. The summed E-state index contributed by atoms with van der Waals surface area (Å²) >= 11 is 0. The highest BCUT2D eigenvalue weighted by molar-refractivity contribution is 5.14. The quantitative estimate of drug-likeness (QED) is 0.598. The molecule has 19 heavy (non-hydrogen) atoms. The van der Waals surface area contributed by atoms with Crippen LogP contribution in [0.15, 0.2) is 30.3 Å². The zero-order chi connectivity index (χ0) is 13.6. The second-order valence-electron chi connectivity index (χ2n) is 6.58. The van der Waals surface area contributed by atoms with Crippen molar-refractivity contribution in [3.63, 3.8) is 0 Å². The summed E-state index contributed by atoms with van der Waals surface area (Å²) in [6.07, 6.45) is 9.78. The van der Waals surface area contributed by atoms with E-state index in [1.807, 2.05) is 0 Å². The molecule has 1 heteroatoms. The Kier molecular flexibility index (Phi) is 5.45. The molecule has 0 aliphatic carbocycles. The van der Waals surface area contributed by atoms with Crippen molar-refractivity contribution >= 4 is 0 Å². The third kappa shape index (κ3) is 4.65. The van der Waals surface area contributed by atoms with Crippen molar-refractivity contribution in [3.8, 4) is 0 Å². The predicted molar refractivity (Wildman–Crippen MR) is 81.4 cm³/mol. The largest absolute Gasteiger partial charge is 0.377 e. The second kappa shape index (κ2) is 7.09. The van der Waals surface area contributed by atoms with Gasteiger partial charge in [0.25, 0.3) is 0 Å². The van der Waals surface area contributed by atoms with E-state index >= 15 is 0 Å². The minimum atomic E-state index is 0.438. The van der Waals surface area contributed by atoms with Crippen LogP contribution in [0.25, 0.3) is 0 Å². The first kappa shape index (κ1) is 14.6. The van der Waals surface area contributed by atoms with E-state index in [1.54, 1.807) is 0 Å². The van der Waals surface area contributed by atoms with Crippen molar-refractivity contribution < 1.29 is 4.74 Å². The minimum absolute atomic E-state index is 0.438. The molecule has 0 aromatic heterocycles. The lowest BCUT2D eigenvalue weighted by molar-refractivity contribution is -0.171. The average Bonchev–Trinajstić information content (AvgIpc) is 2.42. The number of aryl methyl sites for hydroxylation is 1. The number of unbranched alkanes of at least 4 members (excludes halogenated alkanes) is 4. The van der Waals surface area contributed by atoms with Gasteiger partial charge in [0.05, 0.1) is 12.7 Å². The summed E-state index contributed by atoms with van der Waals surface area (Å²) < 4.78 is 5.63. The van der Waals surface area contributed by atoms with Crippen LogP contribution in [0, 0.1) is 5.41 Å². The van der Waals surface area contributed by atoms with E-state index in [1.165, 1.54) is 50.5 Å². The Hall–Kier alpha value is -0.820. The summed E-state index contributed by atoms with van der Waals surface area (Å²) in [4.78, 5) is 0. The van der Waals surface area contributed by atoms with E-state index in [9.17, 15) is 0 Å². The van der Waals surface area contributed by atoms with E-state index in [0.717, 1.165) is 6.61 Å². The van der Waals surface area contributed by atoms with Gasteiger partial charge in [-0.1, -0.05) is 69.9 Å². The van der Waals surface area contributed by atoms with Crippen LogP contribution >= 0.6 is 0 Å². The van der Waals surface area contributed by atoms with Crippen LogP contribution in [0.1, 0.15) is 57.9 Å². The smallest absolute Gasteiger partial charge is 0.0648 e. The maximum Gasteiger partial charge on any atom is 0.0648 e. The number of ether oxygens (including phenoxy) is 1. The third-order valence-corrected chi connectivity index (χ3v) is 4.30. The fourth-order valence-corrected chi connectivity index (χ4v) is 2.84. The molecule has 1 fully saturated rings. The lowest BCUT2D eigenvalue weighted by Crippen LogP contribution is -2.47. The van der Waals surface area contributed by atoms with E-state index in [-0.39, 0.29) is 0 Å². The van der Waals surface area contributed by atoms with Crippen LogP contribution in [0.2, 0.25) is 0 Å². The molecular weight excluding hydrogens is 232 g/mol. The van der Waals surface area contributed by atoms with Gasteiger partial charge in [-0.2, -0.15) is 0 Å². The number of hydrogen-bond acceptors (Lipinski definition) is 1. The summed E-state index contributed by atoms with van der Waals surface area (Å²) in [6.45, 7) is 5.59. The van der Waals surface area contributed by atoms with Crippen LogP contribution in [-0.2, 0) is 11.2 Å². The van der Waals surface area contributed by atoms with Gasteiger partial charge in [-0.05, 0) is 24.8 Å². The number of benzene rings is 1. The Labute approximate surface area is 118 Å². The van der Waals surface area contributed by atoms with Crippen molar-refractivity contribution in [2.75, 3.05) is 6.61 Å². The van der Waals surface area contributed by atoms with Crippen molar-refractivity contribution in [2.24, 2.45) is 5.41 Å². The first-order valence-electron chi connectivity index (χ1n) is 7.84. The van der Waals surface area contributed by atoms with E-state index < -0.39 is 0 Å². The molecule has 1 atom stereocenters. The van der Waals surface area contributed by atoms with Crippen LogP contribution in [-0.4, -0.2) is 12.7 Å². The fourth-order valence-electron chi connectivity index (χ4n) is 2.84. The molecule has 1 saturated heterocycles. The molecule has 1 aromatic carbocycles. The SMILES string of the molecule is CC1(C)COC1CCCCCCCc1ccccc1. The lowest BCUT2D eigenvalue weighted by atomic mass is 9.80. The molecule has 0 radical (unpaired) electrons. The molecule has 0 amide bonds. The second-order valence-corrected chi connectivity index (χ2v) is 6.58. The zero-order valence-electron chi connectivity index (χ0n) is 12.5. The number of rotatable bonds is 8. The van der Waals surface area contributed by atoms with Crippen molar-refractivity contribution in [2.45, 2.75) is 64.9 Å². The summed E-state index contributed by atoms with van der Waals surface area (Å²) in [6, 6.07) is 10.8. The topological polar surface area (TPSA) is 9.23 Å². The highest BCUT2D eigenvalue weighted by atomic mass is 16.5. The van der Waals surface area contributed by atoms with Gasteiger partial charge in [-0.25, -0.2) is 0 Å². The van der Waals surface area contributed by atoms with Crippen LogP contribution in [0.3, 0.4) is 0 Å². The third-order valence-electron chi connectivity index (χ3n) is 4.30. The minimum Gasteiger partial charge on any atom is -0.377 e. The van der Waals surface area contributed by atoms with E-state index in [2.05, 4.69) is 44.2 Å². The monoisotopic (exact) mass is 260 g/mol. The molecule has 1 aromatic rings. The molecule has 0 saturated carbocycles. The Morgan fingerprint density at radius 2 is 1.68 bits per heavy atom. The van der Waals surface area contributed by atoms with Gasteiger partial charge in [0.2, 0.25) is 0 Å². The van der Waals surface area contributed by atoms with Crippen molar-refractivity contribution in [1.29, 1.82) is 0 Å². The van der Waals surface area contributed by atoms with Crippen molar-refractivity contribution in [3.05, 3.63) is 35.9 Å². The fraction of sp³-hybridized carbons (Fsp3) is 0.667. The van der Waals surface area contributed by atoms with Gasteiger partial charge in [-0.3, -0.25) is 0 Å². The Bertz CT molecular complexity index is 355. The molecular formula is C18H28O. The highest BCUT2D eigenvalue weighted by Crippen LogP contribution is 2.36. The van der Waals surface area contributed by atoms with Gasteiger partial charge in [-0.15, -0.1) is 0 Å². The zero-order valence-corrected chi connectivity index (χ0v) is 12.5. The Morgan fingerprint density at radius 3 is 2.32 bits per heavy atom. The lowest BCUT2D eigenvalue weighted by Gasteiger charge is -2.44. The van der Waals surface area contributed by atoms with Crippen molar-refractivity contribution in [1.82, 2.24) is 0 Å². The standard InChI is InChI=1S/C18H28O/c1-18(2)15-19-17(18)14-10-5-3-4-7-11-16-12-8-6-9-13-16/h6,8-9,12-13,17H,3-5,7,10-11,14-15H2,1-2H3. The molecule has 106 valence electrons. The molecule has 1 heterocycles. The molecule has 1 aliphatic rings. The van der Waals surface area contributed by atoms with Gasteiger partial charge >= 0.3 is 0 Å². The summed E-state index contributed by atoms with van der Waals surface area (Å²) in [5.41, 5.74) is 1.92. The van der Waals surface area contributed by atoms with Gasteiger partial charge in [0, 0.05) is 5.41 Å². The molecule has 1 nitrogen and oxygen atoms in total. The van der Waals surface area contributed by atoms with Crippen LogP contribution in [0.4, 0.5) is 0 Å².